The molecule has 0 spiro atoms. The van der Waals surface area contributed by atoms with Crippen LogP contribution in [-0.4, -0.2) is 72.3 Å². The number of carbonyl (C=O) groups excluding carboxylic acids is 1. The molecule has 1 aromatic heterocycles. The van der Waals surface area contributed by atoms with Crippen molar-refractivity contribution in [3.63, 3.8) is 0 Å². The SMILES string of the molecule is C[C@H]1CN(C2CCOCC2)CCN1C(=O)NCCc1ccncc1. The Morgan fingerprint density at radius 3 is 2.75 bits per heavy atom. The van der Waals surface area contributed by atoms with Gasteiger partial charge < -0.3 is 15.0 Å². The second-order valence-electron chi connectivity index (χ2n) is 6.72. The highest BCUT2D eigenvalue weighted by Gasteiger charge is 2.31. The van der Waals surface area contributed by atoms with E-state index >= 15 is 0 Å². The number of aromatic nitrogens is 1. The van der Waals surface area contributed by atoms with E-state index in [1.165, 1.54) is 5.56 Å². The van der Waals surface area contributed by atoms with Crippen molar-refractivity contribution < 1.29 is 9.53 Å². The highest BCUT2D eigenvalue weighted by molar-refractivity contribution is 5.74. The van der Waals surface area contributed by atoms with Crippen LogP contribution in [0.25, 0.3) is 0 Å². The van der Waals surface area contributed by atoms with Gasteiger partial charge in [-0.25, -0.2) is 4.79 Å². The van der Waals surface area contributed by atoms with Crippen molar-refractivity contribution in [3.05, 3.63) is 30.1 Å². The van der Waals surface area contributed by atoms with Crippen molar-refractivity contribution in [2.45, 2.75) is 38.3 Å². The smallest absolute Gasteiger partial charge is 0.317 e. The highest BCUT2D eigenvalue weighted by atomic mass is 16.5. The lowest BCUT2D eigenvalue weighted by Crippen LogP contribution is -2.59. The molecule has 0 aromatic carbocycles. The first-order chi connectivity index (χ1) is 11.7. The van der Waals surface area contributed by atoms with Crippen LogP contribution in [0.4, 0.5) is 4.79 Å². The van der Waals surface area contributed by atoms with Gasteiger partial charge in [0.1, 0.15) is 0 Å². The van der Waals surface area contributed by atoms with E-state index in [1.807, 2.05) is 17.0 Å². The molecule has 2 amide bonds. The highest BCUT2D eigenvalue weighted by Crippen LogP contribution is 2.19. The second-order valence-corrected chi connectivity index (χ2v) is 6.72. The normalized spacial score (nSPS) is 23.2. The molecule has 2 aliphatic heterocycles. The van der Waals surface area contributed by atoms with Gasteiger partial charge in [-0.2, -0.15) is 0 Å². The van der Waals surface area contributed by atoms with Gasteiger partial charge >= 0.3 is 6.03 Å². The molecule has 1 N–H and O–H groups in total. The maximum atomic E-state index is 12.4. The van der Waals surface area contributed by atoms with Crippen LogP contribution in [0.3, 0.4) is 0 Å². The number of hydrogen-bond donors (Lipinski definition) is 1. The Balaban J connectivity index is 1.42. The summed E-state index contributed by atoms with van der Waals surface area (Å²) >= 11 is 0. The molecule has 2 saturated heterocycles. The third-order valence-electron chi connectivity index (χ3n) is 5.07. The number of nitrogens with one attached hydrogen (secondary N) is 1. The molecule has 0 bridgehead atoms. The summed E-state index contributed by atoms with van der Waals surface area (Å²) in [5.74, 6) is 0. The number of pyridine rings is 1. The fourth-order valence-electron chi connectivity index (χ4n) is 3.63. The molecule has 1 atom stereocenters. The number of hydrogen-bond acceptors (Lipinski definition) is 4. The molecular formula is C18H28N4O2. The molecule has 3 rings (SSSR count). The Kier molecular flexibility index (Phi) is 6.04. The van der Waals surface area contributed by atoms with Gasteiger partial charge in [-0.1, -0.05) is 0 Å². The van der Waals surface area contributed by atoms with Crippen molar-refractivity contribution >= 4 is 6.03 Å². The molecule has 0 aliphatic carbocycles. The topological polar surface area (TPSA) is 57.7 Å². The molecule has 2 aliphatic rings. The molecule has 2 fully saturated rings. The molecule has 0 unspecified atom stereocenters. The van der Waals surface area contributed by atoms with Gasteiger partial charge in [-0.05, 0) is 43.9 Å². The van der Waals surface area contributed by atoms with Crippen LogP contribution in [0, 0.1) is 0 Å². The van der Waals surface area contributed by atoms with Crippen LogP contribution >= 0.6 is 0 Å². The number of amides is 2. The Morgan fingerprint density at radius 1 is 1.29 bits per heavy atom. The van der Waals surface area contributed by atoms with Crippen LogP contribution in [0.2, 0.25) is 0 Å². The van der Waals surface area contributed by atoms with Crippen molar-refractivity contribution in [2.75, 3.05) is 39.4 Å². The minimum Gasteiger partial charge on any atom is -0.381 e. The first-order valence-electron chi connectivity index (χ1n) is 8.99. The molecule has 3 heterocycles. The fourth-order valence-corrected chi connectivity index (χ4v) is 3.63. The number of rotatable bonds is 4. The van der Waals surface area contributed by atoms with Gasteiger partial charge in [-0.15, -0.1) is 0 Å². The van der Waals surface area contributed by atoms with Crippen LogP contribution in [0.15, 0.2) is 24.5 Å². The minimum absolute atomic E-state index is 0.0585. The molecule has 6 nitrogen and oxygen atoms in total. The van der Waals surface area contributed by atoms with E-state index in [4.69, 9.17) is 4.74 Å². The minimum atomic E-state index is 0.0585. The van der Waals surface area contributed by atoms with E-state index in [-0.39, 0.29) is 12.1 Å². The predicted molar refractivity (Wildman–Crippen MR) is 92.9 cm³/mol. The Bertz CT molecular complexity index is 519. The van der Waals surface area contributed by atoms with Crippen LogP contribution in [0.5, 0.6) is 0 Å². The summed E-state index contributed by atoms with van der Waals surface area (Å²) in [5, 5.41) is 3.05. The Morgan fingerprint density at radius 2 is 2.04 bits per heavy atom. The summed E-state index contributed by atoms with van der Waals surface area (Å²) in [4.78, 5) is 21.0. The summed E-state index contributed by atoms with van der Waals surface area (Å²) in [6, 6.07) is 4.91. The van der Waals surface area contributed by atoms with Gasteiger partial charge in [0.05, 0.1) is 0 Å². The average Bonchev–Trinajstić information content (AvgIpc) is 2.63. The third kappa shape index (κ3) is 4.45. The predicted octanol–water partition coefficient (Wildman–Crippen LogP) is 1.52. The number of ether oxygens (including phenoxy) is 1. The summed E-state index contributed by atoms with van der Waals surface area (Å²) in [6.45, 7) is 7.28. The average molecular weight is 332 g/mol. The van der Waals surface area contributed by atoms with E-state index in [0.29, 0.717) is 12.6 Å². The van der Waals surface area contributed by atoms with Crippen molar-refractivity contribution in [1.82, 2.24) is 20.1 Å². The summed E-state index contributed by atoms with van der Waals surface area (Å²) in [5.41, 5.74) is 1.20. The molecule has 0 radical (unpaired) electrons. The number of piperazine rings is 1. The Labute approximate surface area is 144 Å². The molecule has 0 saturated carbocycles. The van der Waals surface area contributed by atoms with Crippen molar-refractivity contribution in [2.24, 2.45) is 0 Å². The van der Waals surface area contributed by atoms with Gasteiger partial charge in [0.25, 0.3) is 0 Å². The van der Waals surface area contributed by atoms with E-state index in [1.54, 1.807) is 12.4 Å². The largest absolute Gasteiger partial charge is 0.381 e. The zero-order chi connectivity index (χ0) is 16.8. The van der Waals surface area contributed by atoms with Gasteiger partial charge in [0, 0.05) is 63.9 Å². The molecular weight excluding hydrogens is 304 g/mol. The van der Waals surface area contributed by atoms with Gasteiger partial charge in [0.2, 0.25) is 0 Å². The van der Waals surface area contributed by atoms with Crippen LogP contribution in [-0.2, 0) is 11.2 Å². The third-order valence-corrected chi connectivity index (χ3v) is 5.07. The first-order valence-corrected chi connectivity index (χ1v) is 8.99. The van der Waals surface area contributed by atoms with E-state index < -0.39 is 0 Å². The first kappa shape index (κ1) is 17.2. The maximum absolute atomic E-state index is 12.4. The van der Waals surface area contributed by atoms with E-state index in [2.05, 4.69) is 22.1 Å². The zero-order valence-corrected chi connectivity index (χ0v) is 14.5. The monoisotopic (exact) mass is 332 g/mol. The van der Waals surface area contributed by atoms with Crippen molar-refractivity contribution in [3.8, 4) is 0 Å². The van der Waals surface area contributed by atoms with E-state index in [9.17, 15) is 4.79 Å². The summed E-state index contributed by atoms with van der Waals surface area (Å²) in [7, 11) is 0. The number of carbonyl (C=O) groups is 1. The molecule has 132 valence electrons. The molecule has 1 aromatic rings. The lowest BCUT2D eigenvalue weighted by atomic mass is 10.0. The second kappa shape index (κ2) is 8.44. The summed E-state index contributed by atoms with van der Waals surface area (Å²) < 4.78 is 5.45. The lowest BCUT2D eigenvalue weighted by molar-refractivity contribution is 0.00704. The fraction of sp³-hybridized carbons (Fsp3) is 0.667. The summed E-state index contributed by atoms with van der Waals surface area (Å²) in [6.07, 6.45) is 6.64. The maximum Gasteiger partial charge on any atom is 0.317 e. The van der Waals surface area contributed by atoms with Crippen LogP contribution < -0.4 is 5.32 Å². The lowest BCUT2D eigenvalue weighted by Gasteiger charge is -2.44. The molecule has 6 heteroatoms. The zero-order valence-electron chi connectivity index (χ0n) is 14.5. The van der Waals surface area contributed by atoms with Gasteiger partial charge in [0.15, 0.2) is 0 Å². The molecule has 24 heavy (non-hydrogen) atoms. The van der Waals surface area contributed by atoms with Gasteiger partial charge in [-0.3, -0.25) is 9.88 Å². The quantitative estimate of drug-likeness (QED) is 0.908. The standard InChI is InChI=1S/C18H28N4O2/c1-15-14-21(17-5-12-24-13-6-17)10-11-22(15)18(23)20-9-4-16-2-7-19-8-3-16/h2-3,7-8,15,17H,4-6,9-14H2,1H3,(H,20,23)/t15-/m0/s1. The van der Waals surface area contributed by atoms with E-state index in [0.717, 1.165) is 52.1 Å². The Hall–Kier alpha value is -1.66. The van der Waals surface area contributed by atoms with Crippen LogP contribution in [0.1, 0.15) is 25.3 Å². The van der Waals surface area contributed by atoms with Crippen molar-refractivity contribution in [1.29, 1.82) is 0 Å². The number of urea groups is 1. The number of nitrogens with zero attached hydrogens (tertiary/aromatic N) is 3.